The Morgan fingerprint density at radius 2 is 1.89 bits per heavy atom. The van der Waals surface area contributed by atoms with Crippen molar-refractivity contribution in [2.24, 2.45) is 0 Å². The number of imidazole rings is 1. The summed E-state index contributed by atoms with van der Waals surface area (Å²) in [4.78, 5) is 13.9. The van der Waals surface area contributed by atoms with Gasteiger partial charge in [-0.05, 0) is 60.4 Å². The van der Waals surface area contributed by atoms with Gasteiger partial charge in [-0.25, -0.2) is 19.6 Å². The van der Waals surface area contributed by atoms with Crippen LogP contribution in [0.1, 0.15) is 47.4 Å². The van der Waals surface area contributed by atoms with Crippen LogP contribution in [0.5, 0.6) is 5.88 Å². The van der Waals surface area contributed by atoms with Crippen LogP contribution in [-0.2, 0) is 6.54 Å². The first-order chi connectivity index (χ1) is 17.2. The average molecular weight is 463 g/mol. The van der Waals surface area contributed by atoms with Crippen molar-refractivity contribution in [2.45, 2.75) is 32.2 Å². The molecule has 1 aliphatic heterocycles. The van der Waals surface area contributed by atoms with Gasteiger partial charge in [0.25, 0.3) is 0 Å². The second kappa shape index (κ2) is 8.83. The van der Waals surface area contributed by atoms with Crippen LogP contribution in [0.3, 0.4) is 0 Å². The fraction of sp³-hybridized carbons (Fsp3) is 0.214. The zero-order chi connectivity index (χ0) is 23.8. The Morgan fingerprint density at radius 3 is 2.74 bits per heavy atom. The van der Waals surface area contributed by atoms with Crippen molar-refractivity contribution in [3.8, 4) is 11.6 Å². The molecule has 0 aliphatic carbocycles. The van der Waals surface area contributed by atoms with Crippen LogP contribution in [0.2, 0.25) is 0 Å². The van der Waals surface area contributed by atoms with Crippen LogP contribution in [0.4, 0.5) is 0 Å². The zero-order valence-corrected chi connectivity index (χ0v) is 19.8. The molecule has 1 atom stereocenters. The third kappa shape index (κ3) is 3.99. The fourth-order valence-corrected chi connectivity index (χ4v) is 4.89. The van der Waals surface area contributed by atoms with Crippen molar-refractivity contribution in [1.29, 1.82) is 0 Å². The van der Waals surface area contributed by atoms with E-state index in [2.05, 4.69) is 57.1 Å². The van der Waals surface area contributed by atoms with E-state index in [1.165, 1.54) is 16.3 Å². The van der Waals surface area contributed by atoms with E-state index in [0.29, 0.717) is 11.7 Å². The van der Waals surface area contributed by atoms with Crippen molar-refractivity contribution < 1.29 is 4.74 Å². The monoisotopic (exact) mass is 462 g/mol. The van der Waals surface area contributed by atoms with Gasteiger partial charge in [-0.2, -0.15) is 5.10 Å². The summed E-state index contributed by atoms with van der Waals surface area (Å²) in [6.45, 7) is 2.85. The molecule has 3 aromatic heterocycles. The fourth-order valence-electron chi connectivity index (χ4n) is 4.89. The molecule has 0 bridgehead atoms. The molecule has 35 heavy (non-hydrogen) atoms. The number of hydrogen-bond donors (Lipinski definition) is 0. The molecule has 0 spiro atoms. The summed E-state index contributed by atoms with van der Waals surface area (Å²) in [5, 5.41) is 7.33. The first-order valence-corrected chi connectivity index (χ1v) is 11.9. The molecule has 6 rings (SSSR count). The van der Waals surface area contributed by atoms with E-state index in [-0.39, 0.29) is 5.92 Å². The standard InChI is InChI=1S/C28H26N6O/c1-19-17-33(18-29-19)25-14-12-21(30-28(25)35-2)13-15-26-31-27-24(11-6-16-34(27)32-26)23-10-5-8-20-7-3-4-9-22(20)23/h3-5,7-10,12-15,17-18,24H,6,11,16H2,1-2H3. The Kier molecular flexibility index (Phi) is 5.37. The molecule has 0 radical (unpaired) electrons. The highest BCUT2D eigenvalue weighted by atomic mass is 16.5. The van der Waals surface area contributed by atoms with Gasteiger partial charge < -0.3 is 9.30 Å². The second-order valence-electron chi connectivity index (χ2n) is 8.83. The van der Waals surface area contributed by atoms with Gasteiger partial charge in [-0.1, -0.05) is 42.5 Å². The van der Waals surface area contributed by atoms with Gasteiger partial charge >= 0.3 is 0 Å². The first kappa shape index (κ1) is 21.3. The third-order valence-corrected chi connectivity index (χ3v) is 6.54. The minimum absolute atomic E-state index is 0.237. The molecule has 174 valence electrons. The first-order valence-electron chi connectivity index (χ1n) is 11.9. The number of benzene rings is 2. The predicted octanol–water partition coefficient (Wildman–Crippen LogP) is 5.43. The molecule has 0 N–H and O–H groups in total. The Bertz CT molecular complexity index is 1540. The number of pyridine rings is 1. The molecule has 7 nitrogen and oxygen atoms in total. The number of methoxy groups -OCH3 is 1. The average Bonchev–Trinajstić information content (AvgIpc) is 3.52. The molecule has 0 fully saturated rings. The maximum atomic E-state index is 5.54. The van der Waals surface area contributed by atoms with Crippen LogP contribution in [0.25, 0.3) is 28.6 Å². The van der Waals surface area contributed by atoms with Gasteiger partial charge in [0.05, 0.1) is 24.8 Å². The van der Waals surface area contributed by atoms with E-state index < -0.39 is 0 Å². The topological polar surface area (TPSA) is 70.7 Å². The van der Waals surface area contributed by atoms with E-state index in [1.54, 1.807) is 13.4 Å². The van der Waals surface area contributed by atoms with Crippen LogP contribution in [0.15, 0.2) is 67.1 Å². The number of nitrogens with zero attached hydrogens (tertiary/aromatic N) is 6. The number of fused-ring (bicyclic) bond motifs is 2. The number of aryl methyl sites for hydroxylation is 2. The Labute approximate surface area is 203 Å². The number of aromatic nitrogens is 6. The lowest BCUT2D eigenvalue weighted by molar-refractivity contribution is 0.395. The van der Waals surface area contributed by atoms with E-state index >= 15 is 0 Å². The normalized spacial score (nSPS) is 15.5. The molecule has 0 saturated heterocycles. The number of rotatable bonds is 5. The summed E-state index contributed by atoms with van der Waals surface area (Å²) >= 11 is 0. The lowest BCUT2D eigenvalue weighted by atomic mass is 9.88. The van der Waals surface area contributed by atoms with Crippen molar-refractivity contribution >= 4 is 22.9 Å². The van der Waals surface area contributed by atoms with Crippen molar-refractivity contribution in [2.75, 3.05) is 7.11 Å². The lowest BCUT2D eigenvalue weighted by Gasteiger charge is -2.23. The van der Waals surface area contributed by atoms with Gasteiger partial charge in [-0.15, -0.1) is 0 Å². The van der Waals surface area contributed by atoms with Crippen LogP contribution < -0.4 is 4.74 Å². The molecule has 7 heteroatoms. The SMILES string of the molecule is COc1nc(C=Cc2nc3n(n2)CCCC3c2cccc3ccccc23)ccc1-n1cnc(C)c1. The van der Waals surface area contributed by atoms with Gasteiger partial charge in [0, 0.05) is 18.7 Å². The van der Waals surface area contributed by atoms with Crippen LogP contribution in [-0.4, -0.2) is 36.4 Å². The van der Waals surface area contributed by atoms with E-state index in [1.807, 2.05) is 42.0 Å². The highest BCUT2D eigenvalue weighted by Gasteiger charge is 2.26. The van der Waals surface area contributed by atoms with Crippen LogP contribution >= 0.6 is 0 Å². The van der Waals surface area contributed by atoms with Crippen LogP contribution in [0, 0.1) is 6.92 Å². The lowest BCUT2D eigenvalue weighted by Crippen LogP contribution is -2.18. The molecule has 0 amide bonds. The maximum Gasteiger partial charge on any atom is 0.238 e. The van der Waals surface area contributed by atoms with E-state index in [0.717, 1.165) is 42.3 Å². The second-order valence-corrected chi connectivity index (χ2v) is 8.83. The van der Waals surface area contributed by atoms with Crippen molar-refractivity contribution in [3.05, 3.63) is 95.7 Å². The maximum absolute atomic E-state index is 5.54. The summed E-state index contributed by atoms with van der Waals surface area (Å²) < 4.78 is 9.51. The highest BCUT2D eigenvalue weighted by molar-refractivity contribution is 5.86. The van der Waals surface area contributed by atoms with Crippen molar-refractivity contribution in [3.63, 3.8) is 0 Å². The summed E-state index contributed by atoms with van der Waals surface area (Å²) in [5.41, 5.74) is 3.89. The molecule has 1 aliphatic rings. The quantitative estimate of drug-likeness (QED) is 0.349. The molecular weight excluding hydrogens is 436 g/mol. The van der Waals surface area contributed by atoms with Gasteiger partial charge in [0.1, 0.15) is 11.5 Å². The van der Waals surface area contributed by atoms with E-state index in [9.17, 15) is 0 Å². The number of ether oxygens (including phenoxy) is 1. The predicted molar refractivity (Wildman–Crippen MR) is 137 cm³/mol. The Balaban J connectivity index is 1.30. The largest absolute Gasteiger partial charge is 0.479 e. The molecule has 0 saturated carbocycles. The molecular formula is C28H26N6O. The zero-order valence-electron chi connectivity index (χ0n) is 19.8. The van der Waals surface area contributed by atoms with E-state index in [4.69, 9.17) is 14.8 Å². The molecule has 2 aromatic carbocycles. The molecule has 4 heterocycles. The third-order valence-electron chi connectivity index (χ3n) is 6.54. The Morgan fingerprint density at radius 1 is 1.00 bits per heavy atom. The molecule has 5 aromatic rings. The summed E-state index contributed by atoms with van der Waals surface area (Å²) in [6, 6.07) is 19.0. The number of hydrogen-bond acceptors (Lipinski definition) is 5. The summed E-state index contributed by atoms with van der Waals surface area (Å²) in [7, 11) is 1.63. The smallest absolute Gasteiger partial charge is 0.238 e. The van der Waals surface area contributed by atoms with Crippen molar-refractivity contribution in [1.82, 2.24) is 29.3 Å². The summed E-state index contributed by atoms with van der Waals surface area (Å²) in [6.07, 6.45) is 9.72. The minimum Gasteiger partial charge on any atom is -0.479 e. The van der Waals surface area contributed by atoms with Gasteiger partial charge in [-0.3, -0.25) is 0 Å². The minimum atomic E-state index is 0.237. The van der Waals surface area contributed by atoms with Gasteiger partial charge in [0.15, 0.2) is 5.82 Å². The summed E-state index contributed by atoms with van der Waals surface area (Å²) in [5.74, 6) is 2.50. The highest BCUT2D eigenvalue weighted by Crippen LogP contribution is 2.36. The molecule has 1 unspecified atom stereocenters. The van der Waals surface area contributed by atoms with Gasteiger partial charge in [0.2, 0.25) is 5.88 Å². The Hall–Kier alpha value is -4.26.